The van der Waals surface area contributed by atoms with Gasteiger partial charge in [0, 0.05) is 11.8 Å². The lowest BCUT2D eigenvalue weighted by molar-refractivity contribution is 0.0846. The monoisotopic (exact) mass is 422 g/mol. The highest BCUT2D eigenvalue weighted by Crippen LogP contribution is 2.28. The van der Waals surface area contributed by atoms with Crippen molar-refractivity contribution in [1.29, 1.82) is 0 Å². The molecule has 0 saturated carbocycles. The number of rotatable bonds is 8. The van der Waals surface area contributed by atoms with Crippen molar-refractivity contribution < 1.29 is 19.1 Å². The molecule has 0 aliphatic heterocycles. The summed E-state index contributed by atoms with van der Waals surface area (Å²) in [5.74, 6) is 0.593. The average Bonchev–Trinajstić information content (AvgIpc) is 3.28. The van der Waals surface area contributed by atoms with Gasteiger partial charge in [-0.3, -0.25) is 20.4 Å². The first-order valence-electron chi connectivity index (χ1n) is 9.99. The van der Waals surface area contributed by atoms with Crippen LogP contribution >= 0.6 is 0 Å². The van der Waals surface area contributed by atoms with Crippen LogP contribution in [0.2, 0.25) is 0 Å². The molecular formula is C23H26N4O4. The fraction of sp³-hybridized carbons (Fsp3) is 0.261. The molecule has 8 heteroatoms. The van der Waals surface area contributed by atoms with E-state index >= 15 is 0 Å². The highest BCUT2D eigenvalue weighted by Gasteiger charge is 2.14. The molecule has 0 radical (unpaired) electrons. The van der Waals surface area contributed by atoms with Gasteiger partial charge < -0.3 is 9.47 Å². The Bertz CT molecular complexity index is 1030. The number of carbonyl (C=O) groups is 2. The number of benzene rings is 2. The predicted molar refractivity (Wildman–Crippen MR) is 116 cm³/mol. The van der Waals surface area contributed by atoms with Crippen LogP contribution in [0.15, 0.2) is 60.9 Å². The molecule has 2 aromatic carbocycles. The molecule has 2 N–H and O–H groups in total. The summed E-state index contributed by atoms with van der Waals surface area (Å²) < 4.78 is 12.6. The van der Waals surface area contributed by atoms with Crippen LogP contribution in [0.3, 0.4) is 0 Å². The molecule has 1 aromatic heterocycles. The van der Waals surface area contributed by atoms with Gasteiger partial charge in [-0.2, -0.15) is 5.10 Å². The van der Waals surface area contributed by atoms with Crippen molar-refractivity contribution in [1.82, 2.24) is 20.6 Å². The molecule has 0 atom stereocenters. The lowest BCUT2D eigenvalue weighted by Crippen LogP contribution is -2.41. The number of hydrogen-bond donors (Lipinski definition) is 2. The van der Waals surface area contributed by atoms with Gasteiger partial charge in [0.1, 0.15) is 0 Å². The number of carbonyl (C=O) groups excluding carboxylic acids is 2. The molecule has 162 valence electrons. The van der Waals surface area contributed by atoms with Crippen LogP contribution in [0.25, 0.3) is 5.69 Å². The molecule has 2 amide bonds. The minimum Gasteiger partial charge on any atom is -0.493 e. The van der Waals surface area contributed by atoms with Gasteiger partial charge in [0.25, 0.3) is 11.8 Å². The van der Waals surface area contributed by atoms with E-state index in [0.717, 1.165) is 12.1 Å². The van der Waals surface area contributed by atoms with Crippen LogP contribution in [0.4, 0.5) is 0 Å². The second-order valence-corrected chi connectivity index (χ2v) is 7.31. The molecule has 0 spiro atoms. The first kappa shape index (κ1) is 21.9. The number of amides is 2. The van der Waals surface area contributed by atoms with E-state index in [2.05, 4.69) is 29.8 Å². The summed E-state index contributed by atoms with van der Waals surface area (Å²) in [6.07, 6.45) is 3.93. The minimum atomic E-state index is -0.476. The molecule has 0 fully saturated rings. The molecule has 31 heavy (non-hydrogen) atoms. The first-order valence-corrected chi connectivity index (χ1v) is 9.99. The van der Waals surface area contributed by atoms with Crippen LogP contribution in [0.1, 0.15) is 41.0 Å². The van der Waals surface area contributed by atoms with E-state index in [-0.39, 0.29) is 0 Å². The standard InChI is InChI=1S/C23H26N4O4/c1-16(2)11-12-31-20-10-9-17(13-21(20)30-3)22(28)25-26-23(29)18-14-24-27(15-18)19-7-5-4-6-8-19/h4-10,13-16H,11-12H2,1-3H3,(H,25,28)(H,26,29). The Morgan fingerprint density at radius 3 is 2.39 bits per heavy atom. The van der Waals surface area contributed by atoms with Crippen LogP contribution in [-0.4, -0.2) is 35.3 Å². The van der Waals surface area contributed by atoms with Crippen molar-refractivity contribution in [2.45, 2.75) is 20.3 Å². The Labute approximate surface area is 181 Å². The van der Waals surface area contributed by atoms with Gasteiger partial charge >= 0.3 is 0 Å². The lowest BCUT2D eigenvalue weighted by Gasteiger charge is -2.13. The number of methoxy groups -OCH3 is 1. The van der Waals surface area contributed by atoms with E-state index in [1.54, 1.807) is 29.1 Å². The van der Waals surface area contributed by atoms with Crippen molar-refractivity contribution in [3.63, 3.8) is 0 Å². The Balaban J connectivity index is 1.59. The van der Waals surface area contributed by atoms with Gasteiger partial charge in [-0.25, -0.2) is 4.68 Å². The maximum Gasteiger partial charge on any atom is 0.272 e. The maximum atomic E-state index is 12.4. The third kappa shape index (κ3) is 5.85. The van der Waals surface area contributed by atoms with Crippen LogP contribution in [0, 0.1) is 5.92 Å². The number of ether oxygens (including phenoxy) is 2. The van der Waals surface area contributed by atoms with Gasteiger partial charge in [0.15, 0.2) is 11.5 Å². The zero-order valence-corrected chi connectivity index (χ0v) is 17.8. The molecule has 0 saturated heterocycles. The SMILES string of the molecule is COc1cc(C(=O)NNC(=O)c2cnn(-c3ccccc3)c2)ccc1OCCC(C)C. The Hall–Kier alpha value is -3.81. The second-order valence-electron chi connectivity index (χ2n) is 7.31. The molecule has 0 bridgehead atoms. The number of nitrogens with zero attached hydrogens (tertiary/aromatic N) is 2. The Morgan fingerprint density at radius 2 is 1.71 bits per heavy atom. The van der Waals surface area contributed by atoms with Crippen molar-refractivity contribution >= 4 is 11.8 Å². The average molecular weight is 422 g/mol. The van der Waals surface area contributed by atoms with E-state index in [0.29, 0.717) is 35.2 Å². The largest absolute Gasteiger partial charge is 0.493 e. The zero-order chi connectivity index (χ0) is 22.2. The molecule has 0 aliphatic carbocycles. The van der Waals surface area contributed by atoms with Gasteiger partial charge in [0.05, 0.1) is 31.2 Å². The number of aromatic nitrogens is 2. The normalized spacial score (nSPS) is 10.6. The van der Waals surface area contributed by atoms with Crippen molar-refractivity contribution in [2.75, 3.05) is 13.7 Å². The predicted octanol–water partition coefficient (Wildman–Crippen LogP) is 3.38. The molecule has 8 nitrogen and oxygen atoms in total. The quantitative estimate of drug-likeness (QED) is 0.543. The highest BCUT2D eigenvalue weighted by atomic mass is 16.5. The summed E-state index contributed by atoms with van der Waals surface area (Å²) in [5.41, 5.74) is 6.27. The van der Waals surface area contributed by atoms with Crippen molar-refractivity contribution in [2.24, 2.45) is 5.92 Å². The summed E-state index contributed by atoms with van der Waals surface area (Å²) >= 11 is 0. The molecule has 0 aliphatic rings. The maximum absolute atomic E-state index is 12.4. The smallest absolute Gasteiger partial charge is 0.272 e. The van der Waals surface area contributed by atoms with Gasteiger partial charge in [0.2, 0.25) is 0 Å². The third-order valence-electron chi connectivity index (χ3n) is 4.53. The summed E-state index contributed by atoms with van der Waals surface area (Å²) in [5, 5.41) is 4.17. The lowest BCUT2D eigenvalue weighted by atomic mass is 10.1. The Morgan fingerprint density at radius 1 is 1.00 bits per heavy atom. The number of hydrogen-bond acceptors (Lipinski definition) is 5. The van der Waals surface area contributed by atoms with Crippen molar-refractivity contribution in [3.8, 4) is 17.2 Å². The van der Waals surface area contributed by atoms with Crippen LogP contribution in [-0.2, 0) is 0 Å². The molecule has 3 rings (SSSR count). The highest BCUT2D eigenvalue weighted by molar-refractivity contribution is 5.99. The molecular weight excluding hydrogens is 396 g/mol. The summed E-state index contributed by atoms with van der Waals surface area (Å²) in [6.45, 7) is 4.80. The fourth-order valence-electron chi connectivity index (χ4n) is 2.75. The van der Waals surface area contributed by atoms with Crippen LogP contribution < -0.4 is 20.3 Å². The van der Waals surface area contributed by atoms with Crippen LogP contribution in [0.5, 0.6) is 11.5 Å². The topological polar surface area (TPSA) is 94.5 Å². The third-order valence-corrected chi connectivity index (χ3v) is 4.53. The van der Waals surface area contributed by atoms with Gasteiger partial charge in [-0.1, -0.05) is 32.0 Å². The molecule has 3 aromatic rings. The second kappa shape index (κ2) is 10.3. The van der Waals surface area contributed by atoms with E-state index in [9.17, 15) is 9.59 Å². The first-order chi connectivity index (χ1) is 15.0. The molecule has 0 unspecified atom stereocenters. The van der Waals surface area contributed by atoms with Gasteiger partial charge in [-0.05, 0) is 42.7 Å². The van der Waals surface area contributed by atoms with E-state index < -0.39 is 11.8 Å². The number of para-hydroxylation sites is 1. The van der Waals surface area contributed by atoms with E-state index in [4.69, 9.17) is 9.47 Å². The van der Waals surface area contributed by atoms with Gasteiger partial charge in [-0.15, -0.1) is 0 Å². The van der Waals surface area contributed by atoms with Crippen molar-refractivity contribution in [3.05, 3.63) is 72.1 Å². The zero-order valence-electron chi connectivity index (χ0n) is 17.8. The van der Waals surface area contributed by atoms with E-state index in [1.807, 2.05) is 30.3 Å². The number of nitrogens with one attached hydrogen (secondary N) is 2. The Kier molecular flexibility index (Phi) is 7.26. The van der Waals surface area contributed by atoms with E-state index in [1.165, 1.54) is 13.3 Å². The summed E-state index contributed by atoms with van der Waals surface area (Å²) in [7, 11) is 1.51. The number of hydrazine groups is 1. The minimum absolute atomic E-state index is 0.315. The summed E-state index contributed by atoms with van der Waals surface area (Å²) in [6, 6.07) is 14.3. The molecule has 1 heterocycles. The summed E-state index contributed by atoms with van der Waals surface area (Å²) in [4.78, 5) is 24.8. The fourth-order valence-corrected chi connectivity index (χ4v) is 2.75.